The van der Waals surface area contributed by atoms with E-state index in [1.165, 1.54) is 25.1 Å². The lowest BCUT2D eigenvalue weighted by molar-refractivity contribution is -0.138. The number of benzene rings is 1. The summed E-state index contributed by atoms with van der Waals surface area (Å²) in [7, 11) is -4.28. The zero-order valence-electron chi connectivity index (χ0n) is 20.1. The van der Waals surface area contributed by atoms with Gasteiger partial charge in [-0.2, -0.15) is 0 Å². The number of hydrogen-bond donors (Lipinski definition) is 1. The zero-order chi connectivity index (χ0) is 25.9. The quantitative estimate of drug-likeness (QED) is 0.316. The molecule has 4 rings (SSSR count). The normalized spacial score (nSPS) is 16.8. The average Bonchev–Trinajstić information content (AvgIpc) is 3.43. The molecule has 0 bridgehead atoms. The lowest BCUT2D eigenvalue weighted by atomic mass is 10.3. The maximum atomic E-state index is 13.7. The van der Waals surface area contributed by atoms with Crippen LogP contribution in [-0.2, 0) is 35.7 Å². The predicted molar refractivity (Wildman–Crippen MR) is 128 cm³/mol. The Labute approximate surface area is 208 Å². The van der Waals surface area contributed by atoms with Gasteiger partial charge < -0.3 is 19.4 Å². The largest absolute Gasteiger partial charge is 0.487 e. The second kappa shape index (κ2) is 10.6. The molecule has 0 saturated carbocycles. The molecule has 1 aromatic carbocycles. The molecule has 13 heteroatoms. The van der Waals surface area contributed by atoms with Crippen molar-refractivity contribution in [2.75, 3.05) is 18.5 Å². The van der Waals surface area contributed by atoms with E-state index < -0.39 is 28.1 Å². The fourth-order valence-corrected chi connectivity index (χ4v) is 5.45. The van der Waals surface area contributed by atoms with Crippen LogP contribution >= 0.6 is 0 Å². The van der Waals surface area contributed by atoms with Crippen LogP contribution in [0.2, 0.25) is 0 Å². The van der Waals surface area contributed by atoms with E-state index in [2.05, 4.69) is 15.3 Å². The molecule has 0 radical (unpaired) electrons. The number of aromatic nitrogens is 3. The first-order chi connectivity index (χ1) is 17.2. The Bertz CT molecular complexity index is 1370. The van der Waals surface area contributed by atoms with Gasteiger partial charge in [0, 0.05) is 24.9 Å². The van der Waals surface area contributed by atoms with Gasteiger partial charge in [0.25, 0.3) is 10.0 Å². The highest BCUT2D eigenvalue weighted by atomic mass is 32.2. The van der Waals surface area contributed by atoms with Crippen LogP contribution in [0.5, 0.6) is 5.75 Å². The van der Waals surface area contributed by atoms with E-state index >= 15 is 0 Å². The van der Waals surface area contributed by atoms with Gasteiger partial charge in [0.05, 0.1) is 31.9 Å². The van der Waals surface area contributed by atoms with Crippen molar-refractivity contribution >= 4 is 38.8 Å². The number of hydroxylamine groups is 1. The van der Waals surface area contributed by atoms with Crippen molar-refractivity contribution in [1.82, 2.24) is 19.0 Å². The number of pyridine rings is 1. The van der Waals surface area contributed by atoms with E-state index in [1.807, 2.05) is 6.07 Å². The molecule has 1 N–H and O–H groups in total. The number of cyclic esters (lactones) is 1. The second-order valence-corrected chi connectivity index (χ2v) is 9.98. The highest BCUT2D eigenvalue weighted by molar-refractivity contribution is 7.89. The minimum Gasteiger partial charge on any atom is -0.487 e. The predicted octanol–water partition coefficient (Wildman–Crippen LogP) is 2.11. The summed E-state index contributed by atoms with van der Waals surface area (Å²) in [5.74, 6) is -0.814. The first kappa shape index (κ1) is 25.5. The first-order valence-electron chi connectivity index (χ1n) is 11.4. The average molecular weight is 518 g/mol. The summed E-state index contributed by atoms with van der Waals surface area (Å²) >= 11 is 0. The Morgan fingerprint density at radius 2 is 2.14 bits per heavy atom. The Morgan fingerprint density at radius 1 is 1.33 bits per heavy atom. The van der Waals surface area contributed by atoms with Crippen LogP contribution in [0.15, 0.2) is 47.8 Å². The molecule has 1 aliphatic rings. The van der Waals surface area contributed by atoms with E-state index in [9.17, 15) is 18.0 Å². The Hall–Kier alpha value is -3.55. The lowest BCUT2D eigenvalue weighted by Crippen LogP contribution is -2.41. The minimum absolute atomic E-state index is 0.0149. The van der Waals surface area contributed by atoms with E-state index in [0.717, 1.165) is 9.99 Å². The fourth-order valence-electron chi connectivity index (χ4n) is 3.89. The maximum Gasteiger partial charge on any atom is 0.307 e. The van der Waals surface area contributed by atoms with Gasteiger partial charge >= 0.3 is 5.97 Å². The van der Waals surface area contributed by atoms with Crippen molar-refractivity contribution in [1.29, 1.82) is 0 Å². The highest BCUT2D eigenvalue weighted by Gasteiger charge is 2.40. The second-order valence-electron chi connectivity index (χ2n) is 8.23. The summed E-state index contributed by atoms with van der Waals surface area (Å²) in [5, 5.41) is 2.63. The van der Waals surface area contributed by atoms with Gasteiger partial charge in [-0.3, -0.25) is 14.4 Å². The van der Waals surface area contributed by atoms with Crippen LogP contribution in [0.1, 0.15) is 27.2 Å². The van der Waals surface area contributed by atoms with Crippen molar-refractivity contribution in [3.63, 3.8) is 0 Å². The molecule has 1 aliphatic heterocycles. The molecule has 36 heavy (non-hydrogen) atoms. The Morgan fingerprint density at radius 3 is 2.83 bits per heavy atom. The molecule has 1 amide bonds. The van der Waals surface area contributed by atoms with E-state index in [0.29, 0.717) is 17.9 Å². The van der Waals surface area contributed by atoms with Crippen LogP contribution in [0.4, 0.5) is 5.69 Å². The number of amides is 1. The molecule has 192 valence electrons. The molecule has 1 unspecified atom stereocenters. The van der Waals surface area contributed by atoms with Gasteiger partial charge in [-0.1, -0.05) is 4.47 Å². The zero-order valence-corrected chi connectivity index (χ0v) is 20.9. The minimum atomic E-state index is -4.28. The number of rotatable bonds is 10. The molecule has 12 nitrogen and oxygen atoms in total. The summed E-state index contributed by atoms with van der Waals surface area (Å²) in [6.45, 7) is 5.04. The molecular formula is C23H27N5O7S. The number of anilines is 1. The third-order valence-corrected chi connectivity index (χ3v) is 7.10. The number of sulfonamides is 1. The van der Waals surface area contributed by atoms with Gasteiger partial charge in [-0.15, -0.1) is 0 Å². The monoisotopic (exact) mass is 517 g/mol. The number of carbonyl (C=O) groups excluding carboxylic acids is 2. The summed E-state index contributed by atoms with van der Waals surface area (Å²) < 4.78 is 41.0. The highest BCUT2D eigenvalue weighted by Crippen LogP contribution is 2.33. The number of hydrogen-bond acceptors (Lipinski definition) is 9. The van der Waals surface area contributed by atoms with Crippen molar-refractivity contribution in [2.24, 2.45) is 0 Å². The molecule has 2 atom stereocenters. The van der Waals surface area contributed by atoms with Crippen LogP contribution in [0.25, 0.3) is 11.2 Å². The summed E-state index contributed by atoms with van der Waals surface area (Å²) in [4.78, 5) is 37.2. The van der Waals surface area contributed by atoms with Crippen LogP contribution in [0.3, 0.4) is 0 Å². The Balaban J connectivity index is 1.67. The summed E-state index contributed by atoms with van der Waals surface area (Å²) in [5.41, 5.74) is 1.75. The standard InChI is InChI=1S/C23H27N5O7S/c1-4-34-28(18-11-22(30)33-13-18)36(31,32)21-8-7-17(26-16(3)29)10-20(21)35-15(2)12-27-14-25-19-6-5-9-24-23(19)27/h5-10,14-15,18H,4,11-13H2,1-3H3,(H,26,29)/t15-,18?/m1/s1. The molecule has 1 saturated heterocycles. The maximum absolute atomic E-state index is 13.7. The van der Waals surface area contributed by atoms with Gasteiger partial charge in [0.1, 0.15) is 28.9 Å². The van der Waals surface area contributed by atoms with Gasteiger partial charge in [0.2, 0.25) is 5.91 Å². The number of imidazole rings is 1. The molecule has 1 fully saturated rings. The Kier molecular flexibility index (Phi) is 7.52. The van der Waals surface area contributed by atoms with Crippen LogP contribution in [0, 0.1) is 0 Å². The van der Waals surface area contributed by atoms with E-state index in [1.54, 1.807) is 37.0 Å². The molecular weight excluding hydrogens is 490 g/mol. The van der Waals surface area contributed by atoms with Gasteiger partial charge in [-0.05, 0) is 38.1 Å². The number of carbonyl (C=O) groups is 2. The number of nitrogens with zero attached hydrogens (tertiary/aromatic N) is 4. The summed E-state index contributed by atoms with van der Waals surface area (Å²) in [6.07, 6.45) is 2.66. The van der Waals surface area contributed by atoms with Gasteiger partial charge in [-0.25, -0.2) is 18.4 Å². The third-order valence-electron chi connectivity index (χ3n) is 5.33. The lowest BCUT2D eigenvalue weighted by Gasteiger charge is -2.26. The fraction of sp³-hybridized carbons (Fsp3) is 0.391. The van der Waals surface area contributed by atoms with E-state index in [-0.39, 0.29) is 36.2 Å². The van der Waals surface area contributed by atoms with Crippen molar-refractivity contribution in [2.45, 2.75) is 50.8 Å². The smallest absolute Gasteiger partial charge is 0.307 e. The van der Waals surface area contributed by atoms with Crippen LogP contribution < -0.4 is 10.1 Å². The molecule has 3 aromatic rings. The van der Waals surface area contributed by atoms with Gasteiger partial charge in [0.15, 0.2) is 5.65 Å². The van der Waals surface area contributed by atoms with Crippen molar-refractivity contribution in [3.05, 3.63) is 42.9 Å². The number of ether oxygens (including phenoxy) is 2. The number of nitrogens with one attached hydrogen (secondary N) is 1. The van der Waals surface area contributed by atoms with Crippen molar-refractivity contribution in [3.8, 4) is 5.75 Å². The van der Waals surface area contributed by atoms with Crippen LogP contribution in [-0.4, -0.2) is 64.7 Å². The summed E-state index contributed by atoms with van der Waals surface area (Å²) in [6, 6.07) is 7.05. The topological polar surface area (TPSA) is 142 Å². The van der Waals surface area contributed by atoms with Crippen molar-refractivity contribution < 1.29 is 32.3 Å². The number of fused-ring (bicyclic) bond motifs is 1. The molecule has 3 heterocycles. The molecule has 0 aliphatic carbocycles. The SMILES string of the molecule is CCON(C1COC(=O)C1)S(=O)(=O)c1ccc(NC(C)=O)cc1O[C@H](C)Cn1cnc2cccnc21. The van der Waals surface area contributed by atoms with E-state index in [4.69, 9.17) is 14.3 Å². The molecule has 2 aromatic heterocycles. The first-order valence-corrected chi connectivity index (χ1v) is 12.8. The number of esters is 1. The molecule has 0 spiro atoms. The third kappa shape index (κ3) is 5.48.